The lowest BCUT2D eigenvalue weighted by Crippen LogP contribution is -2.42. The molecule has 3 aromatic rings. The molecule has 2 aromatic heterocycles. The normalized spacial score (nSPS) is 22.6. The van der Waals surface area contributed by atoms with Gasteiger partial charge in [0.25, 0.3) is 5.91 Å². The minimum atomic E-state index is 0.143. The van der Waals surface area contributed by atoms with Crippen LogP contribution in [-0.4, -0.2) is 42.6 Å². The van der Waals surface area contributed by atoms with Gasteiger partial charge < -0.3 is 14.5 Å². The summed E-state index contributed by atoms with van der Waals surface area (Å²) < 4.78 is 2.18. The van der Waals surface area contributed by atoms with E-state index in [0.717, 1.165) is 53.9 Å². The Morgan fingerprint density at radius 2 is 2.08 bits per heavy atom. The van der Waals surface area contributed by atoms with Crippen LogP contribution in [0.5, 0.6) is 0 Å². The molecule has 1 N–H and O–H groups in total. The molecule has 1 amide bonds. The third-order valence-electron chi connectivity index (χ3n) is 5.50. The van der Waals surface area contributed by atoms with Gasteiger partial charge in [0.15, 0.2) is 0 Å². The van der Waals surface area contributed by atoms with E-state index in [0.29, 0.717) is 0 Å². The molecule has 5 rings (SSSR count). The number of fused-ring (bicyclic) bond motifs is 4. The molecular weight excluding hydrogens is 302 g/mol. The number of rotatable bonds is 1. The van der Waals surface area contributed by atoms with Gasteiger partial charge in [0, 0.05) is 41.7 Å². The molecule has 24 heavy (non-hydrogen) atoms. The van der Waals surface area contributed by atoms with Gasteiger partial charge in [-0.15, -0.1) is 10.2 Å². The Morgan fingerprint density at radius 3 is 3.00 bits per heavy atom. The van der Waals surface area contributed by atoms with Gasteiger partial charge in [-0.1, -0.05) is 6.07 Å². The second-order valence-electron chi connectivity index (χ2n) is 6.82. The van der Waals surface area contributed by atoms with Crippen LogP contribution < -0.4 is 0 Å². The standard InChI is InChI=1S/C18H19N5O/c1-11-20-21-17-9-12-5-6-13(10-22(11)17)23(12)18(24)15-3-2-4-16-14(15)7-8-19-16/h2-4,7-8,12-13,19H,5-6,9-10H2,1H3. The van der Waals surface area contributed by atoms with E-state index in [2.05, 4.69) is 24.6 Å². The summed E-state index contributed by atoms with van der Waals surface area (Å²) in [5.74, 6) is 2.10. The van der Waals surface area contributed by atoms with E-state index in [4.69, 9.17) is 0 Å². The van der Waals surface area contributed by atoms with Gasteiger partial charge in [0.2, 0.25) is 0 Å². The first kappa shape index (κ1) is 13.8. The van der Waals surface area contributed by atoms with E-state index in [9.17, 15) is 4.79 Å². The summed E-state index contributed by atoms with van der Waals surface area (Å²) in [6.45, 7) is 2.79. The third-order valence-corrected chi connectivity index (χ3v) is 5.50. The van der Waals surface area contributed by atoms with Crippen molar-refractivity contribution in [2.45, 2.75) is 44.8 Å². The van der Waals surface area contributed by atoms with Crippen molar-refractivity contribution in [2.24, 2.45) is 0 Å². The van der Waals surface area contributed by atoms with Crippen LogP contribution >= 0.6 is 0 Å². The molecule has 4 heterocycles. The van der Waals surface area contributed by atoms with Crippen molar-refractivity contribution in [3.8, 4) is 0 Å². The fourth-order valence-electron chi connectivity index (χ4n) is 4.32. The van der Waals surface area contributed by atoms with E-state index in [-0.39, 0.29) is 18.0 Å². The number of benzene rings is 1. The zero-order chi connectivity index (χ0) is 16.3. The number of hydrogen-bond acceptors (Lipinski definition) is 3. The van der Waals surface area contributed by atoms with Crippen LogP contribution in [0.3, 0.4) is 0 Å². The van der Waals surface area contributed by atoms with Gasteiger partial charge in [0.1, 0.15) is 11.6 Å². The average Bonchev–Trinajstić information content (AvgIpc) is 3.25. The summed E-state index contributed by atoms with van der Waals surface area (Å²) in [6, 6.07) is 8.34. The van der Waals surface area contributed by atoms with Crippen LogP contribution in [0.25, 0.3) is 10.9 Å². The number of carbonyl (C=O) groups is 1. The monoisotopic (exact) mass is 321 g/mol. The molecule has 2 aliphatic rings. The number of nitrogens with zero attached hydrogens (tertiary/aromatic N) is 4. The van der Waals surface area contributed by atoms with Crippen LogP contribution in [0.15, 0.2) is 30.5 Å². The molecule has 1 saturated heterocycles. The number of aromatic nitrogens is 4. The molecule has 6 nitrogen and oxygen atoms in total. The highest BCUT2D eigenvalue weighted by atomic mass is 16.2. The second kappa shape index (κ2) is 4.93. The molecule has 2 atom stereocenters. The van der Waals surface area contributed by atoms with Gasteiger partial charge in [0.05, 0.1) is 6.04 Å². The smallest absolute Gasteiger partial charge is 0.255 e. The summed E-state index contributed by atoms with van der Waals surface area (Å²) in [7, 11) is 0. The van der Waals surface area contributed by atoms with Crippen molar-refractivity contribution in [3.05, 3.63) is 47.7 Å². The topological polar surface area (TPSA) is 66.8 Å². The number of nitrogens with one attached hydrogen (secondary N) is 1. The van der Waals surface area contributed by atoms with Crippen molar-refractivity contribution in [1.29, 1.82) is 0 Å². The second-order valence-corrected chi connectivity index (χ2v) is 6.82. The minimum absolute atomic E-state index is 0.143. The van der Waals surface area contributed by atoms with Crippen molar-refractivity contribution >= 4 is 16.8 Å². The number of carbonyl (C=O) groups excluding carboxylic acids is 1. The fourth-order valence-corrected chi connectivity index (χ4v) is 4.32. The number of aromatic amines is 1. The highest BCUT2D eigenvalue weighted by molar-refractivity contribution is 6.06. The highest BCUT2D eigenvalue weighted by Crippen LogP contribution is 2.33. The molecule has 6 heteroatoms. The molecule has 122 valence electrons. The van der Waals surface area contributed by atoms with Crippen molar-refractivity contribution in [2.75, 3.05) is 0 Å². The lowest BCUT2D eigenvalue weighted by molar-refractivity contribution is 0.0667. The van der Waals surface area contributed by atoms with Gasteiger partial charge >= 0.3 is 0 Å². The number of H-pyrrole nitrogens is 1. The summed E-state index contributed by atoms with van der Waals surface area (Å²) >= 11 is 0. The SMILES string of the molecule is Cc1nnc2n1CC1CCC(C2)N1C(=O)c1cccc2[nH]ccc12. The Kier molecular flexibility index (Phi) is 2.83. The lowest BCUT2D eigenvalue weighted by Gasteiger charge is -2.28. The maximum absolute atomic E-state index is 13.3. The first-order valence-electron chi connectivity index (χ1n) is 8.50. The van der Waals surface area contributed by atoms with E-state index in [1.165, 1.54) is 0 Å². The van der Waals surface area contributed by atoms with E-state index < -0.39 is 0 Å². The number of hydrogen-bond donors (Lipinski definition) is 1. The number of aryl methyl sites for hydroxylation is 1. The van der Waals surface area contributed by atoms with Crippen molar-refractivity contribution in [1.82, 2.24) is 24.6 Å². The molecule has 0 radical (unpaired) electrons. The Bertz CT molecular complexity index is 940. The van der Waals surface area contributed by atoms with Crippen LogP contribution in [0.2, 0.25) is 0 Å². The Balaban J connectivity index is 1.55. The van der Waals surface area contributed by atoms with E-state index in [1.54, 1.807) is 0 Å². The maximum Gasteiger partial charge on any atom is 0.255 e. The average molecular weight is 321 g/mol. The van der Waals surface area contributed by atoms with Crippen molar-refractivity contribution < 1.29 is 4.79 Å². The van der Waals surface area contributed by atoms with Crippen LogP contribution in [0.1, 0.15) is 34.8 Å². The summed E-state index contributed by atoms with van der Waals surface area (Å²) in [5.41, 5.74) is 1.80. The van der Waals surface area contributed by atoms with Crippen LogP contribution in [-0.2, 0) is 13.0 Å². The Morgan fingerprint density at radius 1 is 1.21 bits per heavy atom. The Labute approximate surface area is 139 Å². The highest BCUT2D eigenvalue weighted by Gasteiger charge is 2.41. The summed E-state index contributed by atoms with van der Waals surface area (Å²) in [4.78, 5) is 18.6. The molecule has 2 unspecified atom stereocenters. The molecule has 2 bridgehead atoms. The van der Waals surface area contributed by atoms with Crippen LogP contribution in [0.4, 0.5) is 0 Å². The Hall–Kier alpha value is -2.63. The summed E-state index contributed by atoms with van der Waals surface area (Å²) in [5, 5.41) is 9.52. The van der Waals surface area contributed by atoms with Gasteiger partial charge in [-0.2, -0.15) is 0 Å². The molecule has 0 aliphatic carbocycles. The largest absolute Gasteiger partial charge is 0.361 e. The molecule has 0 saturated carbocycles. The van der Waals surface area contributed by atoms with Gasteiger partial charge in [-0.05, 0) is 38.0 Å². The fraction of sp³-hybridized carbons (Fsp3) is 0.389. The number of amides is 1. The zero-order valence-corrected chi connectivity index (χ0v) is 13.6. The quantitative estimate of drug-likeness (QED) is 0.748. The lowest BCUT2D eigenvalue weighted by atomic mass is 10.1. The molecule has 1 fully saturated rings. The predicted octanol–water partition coefficient (Wildman–Crippen LogP) is 2.30. The van der Waals surface area contributed by atoms with Gasteiger partial charge in [-0.3, -0.25) is 4.79 Å². The van der Waals surface area contributed by atoms with E-state index >= 15 is 0 Å². The van der Waals surface area contributed by atoms with E-state index in [1.807, 2.05) is 37.4 Å². The van der Waals surface area contributed by atoms with Crippen molar-refractivity contribution in [3.63, 3.8) is 0 Å². The summed E-state index contributed by atoms with van der Waals surface area (Å²) in [6.07, 6.45) is 4.79. The third kappa shape index (κ3) is 1.85. The zero-order valence-electron chi connectivity index (χ0n) is 13.6. The molecular formula is C18H19N5O. The van der Waals surface area contributed by atoms with Crippen LogP contribution in [0, 0.1) is 6.92 Å². The maximum atomic E-state index is 13.3. The molecule has 1 aromatic carbocycles. The first-order chi connectivity index (χ1) is 11.7. The predicted molar refractivity (Wildman–Crippen MR) is 89.7 cm³/mol. The first-order valence-corrected chi connectivity index (χ1v) is 8.50. The van der Waals surface area contributed by atoms with Gasteiger partial charge in [-0.25, -0.2) is 0 Å². The minimum Gasteiger partial charge on any atom is -0.361 e. The molecule has 0 spiro atoms. The molecule has 2 aliphatic heterocycles.